The number of carbonyl (C=O) groups is 1. The minimum atomic E-state index is 0.151. The largest absolute Gasteiger partial charge is 0.425 e. The molecule has 0 radical (unpaired) electrons. The van der Waals surface area contributed by atoms with Crippen LogP contribution in [0.25, 0.3) is 0 Å². The second kappa shape index (κ2) is 7.78. The van der Waals surface area contributed by atoms with Crippen LogP contribution in [-0.4, -0.2) is 52.6 Å². The topological polar surface area (TPSA) is 62.5 Å². The van der Waals surface area contributed by atoms with Gasteiger partial charge in [-0.3, -0.25) is 9.69 Å². The van der Waals surface area contributed by atoms with Gasteiger partial charge in [0.2, 0.25) is 17.7 Å². The van der Waals surface area contributed by atoms with E-state index in [4.69, 9.17) is 4.42 Å². The van der Waals surface area contributed by atoms with Gasteiger partial charge in [-0.2, -0.15) is 0 Å². The van der Waals surface area contributed by atoms with E-state index in [1.807, 2.05) is 36.9 Å². The number of hydrogen-bond donors (Lipinski definition) is 0. The van der Waals surface area contributed by atoms with Crippen molar-refractivity contribution in [3.05, 3.63) is 47.7 Å². The molecule has 0 saturated carbocycles. The molecule has 0 spiro atoms. The van der Waals surface area contributed by atoms with Gasteiger partial charge in [0.15, 0.2) is 0 Å². The first kappa shape index (κ1) is 17.6. The second-order valence-corrected chi connectivity index (χ2v) is 6.94. The maximum absolute atomic E-state index is 12.6. The van der Waals surface area contributed by atoms with Crippen LogP contribution in [0.5, 0.6) is 0 Å². The molecule has 1 saturated heterocycles. The van der Waals surface area contributed by atoms with Crippen LogP contribution >= 0.6 is 0 Å². The Balaban J connectivity index is 1.58. The van der Waals surface area contributed by atoms with E-state index in [0.29, 0.717) is 24.6 Å². The number of piperazine rings is 1. The van der Waals surface area contributed by atoms with Gasteiger partial charge < -0.3 is 9.32 Å². The molecule has 0 N–H and O–H groups in total. The molecule has 1 aliphatic heterocycles. The number of rotatable bonds is 5. The summed E-state index contributed by atoms with van der Waals surface area (Å²) in [5.41, 5.74) is 1.25. The number of carbonyl (C=O) groups excluding carboxylic acids is 1. The van der Waals surface area contributed by atoms with Crippen LogP contribution < -0.4 is 0 Å². The standard InChI is InChI=1S/C19H26N4O2/c1-14(2)19-21-20-17(25-19)9-10-18(24)23-12-11-22(3)16(13-23)15-7-5-4-6-8-15/h4-8,14,16H,9-13H2,1-3H3. The Morgan fingerprint density at radius 1 is 1.24 bits per heavy atom. The van der Waals surface area contributed by atoms with Gasteiger partial charge in [-0.05, 0) is 12.6 Å². The number of amides is 1. The zero-order chi connectivity index (χ0) is 17.8. The monoisotopic (exact) mass is 342 g/mol. The highest BCUT2D eigenvalue weighted by Crippen LogP contribution is 2.24. The molecule has 6 heteroatoms. The van der Waals surface area contributed by atoms with Crippen molar-refractivity contribution in [2.24, 2.45) is 0 Å². The summed E-state index contributed by atoms with van der Waals surface area (Å²) in [6, 6.07) is 10.6. The molecular formula is C19H26N4O2. The molecule has 1 unspecified atom stereocenters. The lowest BCUT2D eigenvalue weighted by molar-refractivity contribution is -0.134. The van der Waals surface area contributed by atoms with E-state index in [1.54, 1.807) is 0 Å². The average molecular weight is 342 g/mol. The van der Waals surface area contributed by atoms with Crippen molar-refractivity contribution in [2.75, 3.05) is 26.7 Å². The summed E-state index contributed by atoms with van der Waals surface area (Å²) in [5.74, 6) is 1.54. The van der Waals surface area contributed by atoms with Gasteiger partial charge in [0.1, 0.15) is 0 Å². The van der Waals surface area contributed by atoms with Gasteiger partial charge >= 0.3 is 0 Å². The molecule has 0 aliphatic carbocycles. The summed E-state index contributed by atoms with van der Waals surface area (Å²) < 4.78 is 5.59. The molecular weight excluding hydrogens is 316 g/mol. The molecule has 2 heterocycles. The molecule has 134 valence electrons. The molecule has 6 nitrogen and oxygen atoms in total. The van der Waals surface area contributed by atoms with Crippen LogP contribution in [0.3, 0.4) is 0 Å². The van der Waals surface area contributed by atoms with E-state index in [-0.39, 0.29) is 17.9 Å². The van der Waals surface area contributed by atoms with Crippen molar-refractivity contribution in [1.29, 1.82) is 0 Å². The van der Waals surface area contributed by atoms with Crippen LogP contribution in [0.4, 0.5) is 0 Å². The fraction of sp³-hybridized carbons (Fsp3) is 0.526. The summed E-state index contributed by atoms with van der Waals surface area (Å²) in [4.78, 5) is 16.9. The quantitative estimate of drug-likeness (QED) is 0.836. The van der Waals surface area contributed by atoms with E-state index < -0.39 is 0 Å². The van der Waals surface area contributed by atoms with Crippen molar-refractivity contribution in [1.82, 2.24) is 20.0 Å². The van der Waals surface area contributed by atoms with Crippen LogP contribution in [0.15, 0.2) is 34.7 Å². The minimum absolute atomic E-state index is 0.151. The SMILES string of the molecule is CC(C)c1nnc(CCC(=O)N2CCN(C)C(c3ccccc3)C2)o1. The number of aromatic nitrogens is 2. The van der Waals surface area contributed by atoms with Crippen molar-refractivity contribution in [3.8, 4) is 0 Å². The average Bonchev–Trinajstić information content (AvgIpc) is 3.10. The lowest BCUT2D eigenvalue weighted by atomic mass is 10.0. The van der Waals surface area contributed by atoms with E-state index in [0.717, 1.165) is 19.6 Å². The highest BCUT2D eigenvalue weighted by molar-refractivity contribution is 5.76. The highest BCUT2D eigenvalue weighted by Gasteiger charge is 2.28. The van der Waals surface area contributed by atoms with Crippen LogP contribution in [0.1, 0.15) is 49.6 Å². The fourth-order valence-corrected chi connectivity index (χ4v) is 3.11. The zero-order valence-electron chi connectivity index (χ0n) is 15.2. The normalized spacial score (nSPS) is 18.7. The smallest absolute Gasteiger partial charge is 0.223 e. The van der Waals surface area contributed by atoms with E-state index in [2.05, 4.69) is 34.3 Å². The molecule has 0 bridgehead atoms. The maximum atomic E-state index is 12.6. The van der Waals surface area contributed by atoms with Gasteiger partial charge in [-0.25, -0.2) is 0 Å². The van der Waals surface area contributed by atoms with Gasteiger partial charge in [0, 0.05) is 38.4 Å². The summed E-state index contributed by atoms with van der Waals surface area (Å²) in [6.07, 6.45) is 0.909. The number of hydrogen-bond acceptors (Lipinski definition) is 5. The van der Waals surface area contributed by atoms with Gasteiger partial charge in [-0.1, -0.05) is 44.2 Å². The predicted molar refractivity (Wildman–Crippen MR) is 95.1 cm³/mol. The third kappa shape index (κ3) is 4.25. The molecule has 1 amide bonds. The Kier molecular flexibility index (Phi) is 5.48. The van der Waals surface area contributed by atoms with E-state index >= 15 is 0 Å². The van der Waals surface area contributed by atoms with Crippen molar-refractivity contribution < 1.29 is 9.21 Å². The Hall–Kier alpha value is -2.21. The first-order valence-electron chi connectivity index (χ1n) is 8.90. The number of likely N-dealkylation sites (N-methyl/N-ethyl adjacent to an activating group) is 1. The van der Waals surface area contributed by atoms with Crippen molar-refractivity contribution in [2.45, 2.75) is 38.6 Å². The van der Waals surface area contributed by atoms with E-state index in [1.165, 1.54) is 5.56 Å². The second-order valence-electron chi connectivity index (χ2n) is 6.94. The van der Waals surface area contributed by atoms with Gasteiger partial charge in [0.05, 0.1) is 6.04 Å². The third-order valence-corrected chi connectivity index (χ3v) is 4.71. The first-order valence-corrected chi connectivity index (χ1v) is 8.90. The van der Waals surface area contributed by atoms with Gasteiger partial charge in [-0.15, -0.1) is 10.2 Å². The molecule has 3 rings (SSSR count). The lowest BCUT2D eigenvalue weighted by Gasteiger charge is -2.39. The molecule has 1 aromatic heterocycles. The number of aryl methyl sites for hydroxylation is 1. The Morgan fingerprint density at radius 2 is 2.00 bits per heavy atom. The molecule has 25 heavy (non-hydrogen) atoms. The molecule has 1 aromatic carbocycles. The van der Waals surface area contributed by atoms with Crippen molar-refractivity contribution >= 4 is 5.91 Å². The predicted octanol–water partition coefficient (Wildman–Crippen LogP) is 2.64. The summed E-state index contributed by atoms with van der Waals surface area (Å²) in [6.45, 7) is 6.39. The van der Waals surface area contributed by atoms with Crippen LogP contribution in [0.2, 0.25) is 0 Å². The Bertz CT molecular complexity index is 698. The van der Waals surface area contributed by atoms with E-state index in [9.17, 15) is 4.79 Å². The Labute approximate surface area is 148 Å². The van der Waals surface area contributed by atoms with Crippen LogP contribution in [0, 0.1) is 0 Å². The molecule has 1 aliphatic rings. The highest BCUT2D eigenvalue weighted by atomic mass is 16.4. The van der Waals surface area contributed by atoms with Gasteiger partial charge in [0.25, 0.3) is 0 Å². The number of nitrogens with zero attached hydrogens (tertiary/aromatic N) is 4. The minimum Gasteiger partial charge on any atom is -0.425 e. The summed E-state index contributed by atoms with van der Waals surface area (Å²) in [7, 11) is 2.12. The first-order chi connectivity index (χ1) is 12.0. The fourth-order valence-electron chi connectivity index (χ4n) is 3.11. The van der Waals surface area contributed by atoms with Crippen molar-refractivity contribution in [3.63, 3.8) is 0 Å². The third-order valence-electron chi connectivity index (χ3n) is 4.71. The summed E-state index contributed by atoms with van der Waals surface area (Å²) in [5, 5.41) is 8.05. The summed E-state index contributed by atoms with van der Waals surface area (Å²) >= 11 is 0. The molecule has 2 aromatic rings. The zero-order valence-corrected chi connectivity index (χ0v) is 15.2. The lowest BCUT2D eigenvalue weighted by Crippen LogP contribution is -2.49. The maximum Gasteiger partial charge on any atom is 0.223 e. The number of benzene rings is 1. The molecule has 1 fully saturated rings. The Morgan fingerprint density at radius 3 is 2.68 bits per heavy atom. The molecule has 1 atom stereocenters. The van der Waals surface area contributed by atoms with Crippen LogP contribution in [-0.2, 0) is 11.2 Å².